The molecule has 2 aromatic carbocycles. The molecule has 1 fully saturated rings. The molecule has 2 atom stereocenters. The number of aromatic nitrogens is 2. The van der Waals surface area contributed by atoms with Crippen LogP contribution in [0.2, 0.25) is 5.02 Å². The van der Waals surface area contributed by atoms with Crippen molar-refractivity contribution in [1.82, 2.24) is 27.0 Å². The van der Waals surface area contributed by atoms with Gasteiger partial charge in [0.15, 0.2) is 0 Å². The molecule has 1 aromatic heterocycles. The topological polar surface area (TPSA) is 74.2 Å². The van der Waals surface area contributed by atoms with Crippen LogP contribution in [0.4, 0.5) is 4.79 Å². The molecule has 2 aliphatic heterocycles. The number of nitrogens with zero attached hydrogens (tertiary/aromatic N) is 6. The van der Waals surface area contributed by atoms with Crippen molar-refractivity contribution >= 4 is 65.6 Å². The van der Waals surface area contributed by atoms with Crippen LogP contribution in [0.5, 0.6) is 0 Å². The van der Waals surface area contributed by atoms with Crippen molar-refractivity contribution in [3.8, 4) is 0 Å². The van der Waals surface area contributed by atoms with Crippen molar-refractivity contribution in [3.05, 3.63) is 110 Å². The number of aryl methyl sites for hydroxylation is 2. The van der Waals surface area contributed by atoms with E-state index in [0.717, 1.165) is 53.0 Å². The van der Waals surface area contributed by atoms with Gasteiger partial charge in [0.25, 0.3) is 0 Å². The number of hydrogen-bond donors (Lipinski definition) is 0. The van der Waals surface area contributed by atoms with E-state index in [1.54, 1.807) is 4.90 Å². The fourth-order valence-electron chi connectivity index (χ4n) is 7.32. The maximum atomic E-state index is 15.0. The first-order valence-electron chi connectivity index (χ1n) is 17.3. The molecule has 3 aliphatic rings. The van der Waals surface area contributed by atoms with E-state index in [4.69, 9.17) is 16.3 Å². The van der Waals surface area contributed by atoms with Gasteiger partial charge in [-0.2, -0.15) is 0 Å². The Morgan fingerprint density at radius 1 is 1.12 bits per heavy atom. The third-order valence-corrected chi connectivity index (χ3v) is 11.3. The van der Waals surface area contributed by atoms with Crippen molar-refractivity contribution in [2.75, 3.05) is 39.8 Å². The van der Waals surface area contributed by atoms with Gasteiger partial charge in [-0.15, -0.1) is 0 Å². The monoisotopic (exact) mass is 952 g/mol. The molecule has 1 aliphatic carbocycles. The van der Waals surface area contributed by atoms with Crippen molar-refractivity contribution in [1.29, 1.82) is 0 Å². The second-order valence-corrected chi connectivity index (χ2v) is 18.2. The maximum absolute atomic E-state index is 15.0. The van der Waals surface area contributed by atoms with Gasteiger partial charge < -0.3 is 4.90 Å². The summed E-state index contributed by atoms with van der Waals surface area (Å²) in [6, 6.07) is 15.5. The Labute approximate surface area is 325 Å². The summed E-state index contributed by atoms with van der Waals surface area (Å²) in [6.07, 6.45) is 9.09. The van der Waals surface area contributed by atoms with E-state index in [0.29, 0.717) is 58.8 Å². The summed E-state index contributed by atoms with van der Waals surface area (Å²) >= 11 is 11.0. The standard InChI is InChI=1S/C38H45BrClN6O3.Tl/c1-38(2,3)49-37(48)46-18-17-44(35-32-15-14-30(40)20-27(32)12-13-28-19-29(39)23-43(4)34(28)35)24-33(46)36(47)45(22-26-9-6-5-7-10-26)16-8-11-31-21-41-25-42-31;/h5-7,9-10,14-15,19-21,25,33,35H,8,11-13,16-18,22-24H2,1-4H3;/q-1;+1/t33-,35?;/m1./s1. The predicted octanol–water partition coefficient (Wildman–Crippen LogP) is 6.52. The molecule has 1 unspecified atom stereocenters. The fourth-order valence-corrected chi connectivity index (χ4v) is 9.10. The minimum atomic E-state index is -0.733. The van der Waals surface area contributed by atoms with Crippen LogP contribution in [-0.2, 0) is 28.9 Å². The molecular formula is C38H45BrClN6O3Tl. The van der Waals surface area contributed by atoms with Crippen LogP contribution in [0.15, 0.2) is 82.9 Å². The number of hydrogen-bond acceptors (Lipinski definition) is 6. The average molecular weight is 954 g/mol. The van der Waals surface area contributed by atoms with Crippen molar-refractivity contribution in [2.45, 2.75) is 70.7 Å². The first-order chi connectivity index (χ1) is 23.9. The second kappa shape index (κ2) is 15.9. The zero-order valence-electron chi connectivity index (χ0n) is 29.3. The largest absolute Gasteiger partial charge is 0.0843 e. The summed E-state index contributed by atoms with van der Waals surface area (Å²) in [5, 5.41) is 0.722. The summed E-state index contributed by atoms with van der Waals surface area (Å²) in [7, 11) is 2.14. The number of rotatable bonds is 8. The number of allylic oxidation sites excluding steroid dienone is 2. The minimum absolute atomic E-state index is 0.0712. The van der Waals surface area contributed by atoms with E-state index in [-0.39, 0.29) is 11.9 Å². The molecule has 0 radical (unpaired) electrons. The van der Waals surface area contributed by atoms with E-state index in [9.17, 15) is 9.59 Å². The van der Waals surface area contributed by atoms with Gasteiger partial charge in [-0.3, -0.25) is 0 Å². The average Bonchev–Trinajstić information content (AvgIpc) is 3.41. The number of fused-ring (bicyclic) bond motifs is 1. The van der Waals surface area contributed by atoms with Crippen LogP contribution in [0, 0.1) is 0 Å². The molecule has 2 amide bonds. The fraction of sp³-hybridized carbons (Fsp3) is 0.447. The Bertz CT molecular complexity index is 1770. The number of piperazine rings is 1. The summed E-state index contributed by atoms with van der Waals surface area (Å²) < 4.78 is 9.18. The Morgan fingerprint density at radius 3 is 2.62 bits per heavy atom. The smallest absolute Gasteiger partial charge is 0.0408 e. The van der Waals surface area contributed by atoms with Crippen LogP contribution >= 0.6 is 27.5 Å². The molecule has 0 bridgehead atoms. The molecule has 1 saturated heterocycles. The molecule has 262 valence electrons. The number of carbonyl (C=O) groups is 2. The van der Waals surface area contributed by atoms with Crippen molar-refractivity contribution in [3.63, 3.8) is 0 Å². The Hall–Kier alpha value is -2.68. The SMILES string of the molecule is CN1CC(Br)=CC2=C1C(N1CCN(C(=O)OC(C)(C)C)[C@@H](C(=O)N(CCCc3c[n]([Tl])cn3)Cc3ccccc3)C1)c1ccc(Cl)cc1CC2. The molecule has 0 spiro atoms. The van der Waals surface area contributed by atoms with E-state index in [1.165, 1.54) is 22.4 Å². The number of imidazole rings is 1. The normalized spacial score (nSPS) is 19.7. The first-order valence-corrected chi connectivity index (χ1v) is 20.5. The molecule has 9 nitrogen and oxygen atoms in total. The molecule has 3 heterocycles. The summed E-state index contributed by atoms with van der Waals surface area (Å²) in [5.74, 6) is -0.0712. The molecule has 0 saturated carbocycles. The zero-order chi connectivity index (χ0) is 35.6. The quantitative estimate of drug-likeness (QED) is 0.240. The number of carbonyl (C=O) groups excluding carboxylic acids is 2. The van der Waals surface area contributed by atoms with E-state index in [1.807, 2.05) is 56.3 Å². The number of benzene rings is 2. The summed E-state index contributed by atoms with van der Waals surface area (Å²) in [5.41, 5.74) is 6.34. The second-order valence-electron chi connectivity index (χ2n) is 14.4. The number of likely N-dealkylation sites (N-methyl/N-ethyl adjacent to an activating group) is 1. The van der Waals surface area contributed by atoms with Gasteiger partial charge in [-0.05, 0) is 68.5 Å². The molecule has 0 N–H and O–H groups in total. The summed E-state index contributed by atoms with van der Waals surface area (Å²) in [6.45, 7) is 8.70. The molecule has 6 rings (SSSR count). The Balaban J connectivity index is 1.36. The van der Waals surface area contributed by atoms with Gasteiger partial charge in [0.2, 0.25) is 0 Å². The summed E-state index contributed by atoms with van der Waals surface area (Å²) in [4.78, 5) is 41.7. The van der Waals surface area contributed by atoms with Crippen LogP contribution in [0.1, 0.15) is 62.0 Å². The molecule has 12 heteroatoms. The Morgan fingerprint density at radius 2 is 1.90 bits per heavy atom. The van der Waals surface area contributed by atoms with Crippen molar-refractivity contribution in [2.24, 2.45) is 0 Å². The third kappa shape index (κ3) is 8.85. The number of amides is 2. The number of halogens is 2. The van der Waals surface area contributed by atoms with Gasteiger partial charge in [0.05, 0.1) is 0 Å². The van der Waals surface area contributed by atoms with Gasteiger partial charge in [-0.1, -0.05) is 33.6 Å². The van der Waals surface area contributed by atoms with Crippen LogP contribution in [0.25, 0.3) is 0 Å². The van der Waals surface area contributed by atoms with E-state index in [2.05, 4.69) is 76.7 Å². The maximum Gasteiger partial charge on any atom is 0.0408 e. The Kier molecular flexibility index (Phi) is 11.8. The molecule has 50 heavy (non-hydrogen) atoms. The minimum Gasteiger partial charge on any atom is -0.0843 e. The van der Waals surface area contributed by atoms with Crippen LogP contribution < -0.4 is 0 Å². The van der Waals surface area contributed by atoms with Crippen LogP contribution in [0.3, 0.4) is 0 Å². The van der Waals surface area contributed by atoms with Crippen molar-refractivity contribution < 1.29 is 14.3 Å². The third-order valence-electron chi connectivity index (χ3n) is 9.52. The van der Waals surface area contributed by atoms with E-state index >= 15 is 0 Å². The zero-order valence-corrected chi connectivity index (χ0v) is 36.1. The van der Waals surface area contributed by atoms with Gasteiger partial charge in [0, 0.05) is 28.8 Å². The van der Waals surface area contributed by atoms with Gasteiger partial charge in [-0.25, -0.2) is 0 Å². The first kappa shape index (κ1) is 37.1. The van der Waals surface area contributed by atoms with E-state index < -0.39 is 17.7 Å². The van der Waals surface area contributed by atoms with Gasteiger partial charge in [0.1, 0.15) is 5.60 Å². The predicted molar refractivity (Wildman–Crippen MR) is 201 cm³/mol. The molecular weight excluding hydrogens is 908 g/mol. The van der Waals surface area contributed by atoms with Gasteiger partial charge >= 0.3 is 186 Å². The number of ether oxygens (including phenoxy) is 1. The van der Waals surface area contributed by atoms with Crippen LogP contribution in [-0.4, -0.2) is 116 Å². The molecule has 3 aromatic rings.